The van der Waals surface area contributed by atoms with E-state index in [9.17, 15) is 9.18 Å². The molecule has 3 aromatic rings. The highest BCUT2D eigenvalue weighted by Crippen LogP contribution is 2.19. The molecule has 0 aliphatic heterocycles. The summed E-state index contributed by atoms with van der Waals surface area (Å²) in [6.07, 6.45) is 3.17. The first-order valence-electron chi connectivity index (χ1n) is 7.33. The van der Waals surface area contributed by atoms with Crippen LogP contribution in [0.4, 0.5) is 10.1 Å². The van der Waals surface area contributed by atoms with Gasteiger partial charge in [-0.3, -0.25) is 9.48 Å². The fourth-order valence-corrected chi connectivity index (χ4v) is 2.47. The predicted octanol–water partition coefficient (Wildman–Crippen LogP) is 3.85. The van der Waals surface area contributed by atoms with Gasteiger partial charge in [-0.25, -0.2) is 4.39 Å². The van der Waals surface area contributed by atoms with Gasteiger partial charge in [0.05, 0.1) is 30.1 Å². The van der Waals surface area contributed by atoms with Gasteiger partial charge < -0.3 is 5.32 Å². The number of carbonyl (C=O) groups is 1. The number of aromatic nitrogens is 2. The van der Waals surface area contributed by atoms with Gasteiger partial charge in [0.2, 0.25) is 0 Å². The molecule has 1 aromatic heterocycles. The summed E-state index contributed by atoms with van der Waals surface area (Å²) in [6.45, 7) is 0.353. The summed E-state index contributed by atoms with van der Waals surface area (Å²) in [5.74, 6) is -0.701. The highest BCUT2D eigenvalue weighted by atomic mass is 35.5. The monoisotopic (exact) mass is 354 g/mol. The predicted molar refractivity (Wildman–Crippen MR) is 91.8 cm³/mol. The van der Waals surface area contributed by atoms with Crippen LogP contribution >= 0.6 is 11.6 Å². The van der Waals surface area contributed by atoms with Gasteiger partial charge in [-0.15, -0.1) is 0 Å². The maximum atomic E-state index is 13.1. The molecule has 1 N–H and O–H groups in total. The van der Waals surface area contributed by atoms with E-state index in [1.165, 1.54) is 18.3 Å². The molecule has 0 aliphatic rings. The van der Waals surface area contributed by atoms with Crippen molar-refractivity contribution in [2.75, 3.05) is 5.32 Å². The van der Waals surface area contributed by atoms with Gasteiger partial charge >= 0.3 is 0 Å². The third kappa shape index (κ3) is 4.03. The number of hydrogen-bond donors (Lipinski definition) is 1. The molecule has 0 saturated carbocycles. The normalized spacial score (nSPS) is 10.3. The Balaban J connectivity index is 1.68. The molecule has 1 amide bonds. The Morgan fingerprint density at radius 1 is 1.28 bits per heavy atom. The standard InChI is InChI=1S/C18H12ClFN4O/c19-17-7-15(20)6-5-14(17)10-24-11-16(9-22-24)23-18(25)13-3-1-12(8-21)2-4-13/h1-7,9,11H,10H2,(H,23,25). The molecule has 0 bridgehead atoms. The van der Waals surface area contributed by atoms with Crippen LogP contribution in [0.1, 0.15) is 21.5 Å². The fraction of sp³-hybridized carbons (Fsp3) is 0.0556. The van der Waals surface area contributed by atoms with Crippen molar-refractivity contribution in [2.45, 2.75) is 6.54 Å². The lowest BCUT2D eigenvalue weighted by Gasteiger charge is -2.05. The lowest BCUT2D eigenvalue weighted by Crippen LogP contribution is -2.11. The second kappa shape index (κ2) is 7.16. The summed E-state index contributed by atoms with van der Waals surface area (Å²) in [5.41, 5.74) is 2.16. The average molecular weight is 355 g/mol. The van der Waals surface area contributed by atoms with Crippen molar-refractivity contribution in [3.8, 4) is 6.07 Å². The number of carbonyl (C=O) groups excluding carboxylic acids is 1. The molecule has 5 nitrogen and oxygen atoms in total. The third-order valence-corrected chi connectivity index (χ3v) is 3.87. The van der Waals surface area contributed by atoms with E-state index >= 15 is 0 Å². The molecular formula is C18H12ClFN4O. The second-order valence-electron chi connectivity index (χ2n) is 5.31. The number of hydrogen-bond acceptors (Lipinski definition) is 3. The molecule has 1 heterocycles. The van der Waals surface area contributed by atoms with Crippen molar-refractivity contribution in [3.63, 3.8) is 0 Å². The molecule has 0 aliphatic carbocycles. The molecule has 0 atom stereocenters. The van der Waals surface area contributed by atoms with Crippen LogP contribution in [0.15, 0.2) is 54.9 Å². The molecule has 0 radical (unpaired) electrons. The quantitative estimate of drug-likeness (QED) is 0.773. The van der Waals surface area contributed by atoms with Gasteiger partial charge in [0.15, 0.2) is 0 Å². The van der Waals surface area contributed by atoms with Crippen LogP contribution < -0.4 is 5.32 Å². The Kier molecular flexibility index (Phi) is 4.78. The SMILES string of the molecule is N#Cc1ccc(C(=O)Nc2cnn(Cc3ccc(F)cc3Cl)c2)cc1. The molecule has 0 saturated heterocycles. The van der Waals surface area contributed by atoms with Gasteiger partial charge in [0, 0.05) is 16.8 Å². The first-order valence-corrected chi connectivity index (χ1v) is 7.71. The van der Waals surface area contributed by atoms with E-state index in [4.69, 9.17) is 16.9 Å². The topological polar surface area (TPSA) is 70.7 Å². The summed E-state index contributed by atoms with van der Waals surface area (Å²) < 4.78 is 14.7. The van der Waals surface area contributed by atoms with Crippen LogP contribution in [0.5, 0.6) is 0 Å². The van der Waals surface area contributed by atoms with E-state index in [1.807, 2.05) is 6.07 Å². The van der Waals surface area contributed by atoms with Crippen molar-refractivity contribution in [3.05, 3.63) is 82.4 Å². The summed E-state index contributed by atoms with van der Waals surface area (Å²) in [4.78, 5) is 12.2. The molecule has 0 spiro atoms. The van der Waals surface area contributed by atoms with Gasteiger partial charge in [0.1, 0.15) is 5.82 Å². The van der Waals surface area contributed by atoms with E-state index in [0.29, 0.717) is 28.4 Å². The Morgan fingerprint density at radius 2 is 2.04 bits per heavy atom. The van der Waals surface area contributed by atoms with Crippen molar-refractivity contribution in [1.29, 1.82) is 5.26 Å². The molecule has 25 heavy (non-hydrogen) atoms. The zero-order chi connectivity index (χ0) is 17.8. The van der Waals surface area contributed by atoms with Crippen LogP contribution in [0.2, 0.25) is 5.02 Å². The number of anilines is 1. The zero-order valence-corrected chi connectivity index (χ0v) is 13.7. The molecule has 0 unspecified atom stereocenters. The number of nitrogens with zero attached hydrogens (tertiary/aromatic N) is 3. The minimum atomic E-state index is -0.399. The zero-order valence-electron chi connectivity index (χ0n) is 12.9. The van der Waals surface area contributed by atoms with Crippen LogP contribution in [-0.4, -0.2) is 15.7 Å². The number of amides is 1. The highest BCUT2D eigenvalue weighted by Gasteiger charge is 2.09. The molecule has 7 heteroatoms. The smallest absolute Gasteiger partial charge is 0.255 e. The molecule has 2 aromatic carbocycles. The van der Waals surface area contributed by atoms with Crippen LogP contribution in [0.3, 0.4) is 0 Å². The first-order chi connectivity index (χ1) is 12.0. The second-order valence-corrected chi connectivity index (χ2v) is 5.71. The van der Waals surface area contributed by atoms with Crippen LogP contribution in [0.25, 0.3) is 0 Å². The number of nitriles is 1. The minimum Gasteiger partial charge on any atom is -0.319 e. The van der Waals surface area contributed by atoms with E-state index in [0.717, 1.165) is 5.56 Å². The van der Waals surface area contributed by atoms with Crippen LogP contribution in [0, 0.1) is 17.1 Å². The highest BCUT2D eigenvalue weighted by molar-refractivity contribution is 6.31. The summed E-state index contributed by atoms with van der Waals surface area (Å²) in [7, 11) is 0. The van der Waals surface area contributed by atoms with E-state index < -0.39 is 5.82 Å². The van der Waals surface area contributed by atoms with Crippen molar-refractivity contribution in [2.24, 2.45) is 0 Å². The number of nitrogens with one attached hydrogen (secondary N) is 1. The van der Waals surface area contributed by atoms with Crippen molar-refractivity contribution >= 4 is 23.2 Å². The van der Waals surface area contributed by atoms with Gasteiger partial charge in [-0.2, -0.15) is 10.4 Å². The maximum Gasteiger partial charge on any atom is 0.255 e. The summed E-state index contributed by atoms with van der Waals surface area (Å²) in [6, 6.07) is 12.5. The first kappa shape index (κ1) is 16.7. The van der Waals surface area contributed by atoms with E-state index in [-0.39, 0.29) is 5.91 Å². The minimum absolute atomic E-state index is 0.302. The van der Waals surface area contributed by atoms with E-state index in [2.05, 4.69) is 10.4 Å². The third-order valence-electron chi connectivity index (χ3n) is 3.51. The average Bonchev–Trinajstić information content (AvgIpc) is 3.04. The maximum absolute atomic E-state index is 13.1. The lowest BCUT2D eigenvalue weighted by molar-refractivity contribution is 0.102. The number of halogens is 2. The molecular weight excluding hydrogens is 343 g/mol. The summed E-state index contributed by atoms with van der Waals surface area (Å²) >= 11 is 6.00. The molecule has 0 fully saturated rings. The van der Waals surface area contributed by atoms with Gasteiger partial charge in [0.25, 0.3) is 5.91 Å². The fourth-order valence-electron chi connectivity index (χ4n) is 2.24. The lowest BCUT2D eigenvalue weighted by atomic mass is 10.1. The number of benzene rings is 2. The molecule has 3 rings (SSSR count). The van der Waals surface area contributed by atoms with Crippen molar-refractivity contribution < 1.29 is 9.18 Å². The van der Waals surface area contributed by atoms with Crippen LogP contribution in [-0.2, 0) is 6.54 Å². The van der Waals surface area contributed by atoms with Gasteiger partial charge in [-0.05, 0) is 42.0 Å². The Hall–Kier alpha value is -3.17. The largest absolute Gasteiger partial charge is 0.319 e. The summed E-state index contributed by atoms with van der Waals surface area (Å²) in [5, 5.41) is 16.0. The Morgan fingerprint density at radius 3 is 2.72 bits per heavy atom. The number of rotatable bonds is 4. The molecule has 124 valence electrons. The van der Waals surface area contributed by atoms with E-state index in [1.54, 1.807) is 41.2 Å². The van der Waals surface area contributed by atoms with Gasteiger partial charge in [-0.1, -0.05) is 17.7 Å². The van der Waals surface area contributed by atoms with Crippen molar-refractivity contribution in [1.82, 2.24) is 9.78 Å². The Bertz CT molecular complexity index is 960. The Labute approximate surface area is 148 Å².